The van der Waals surface area contributed by atoms with Gasteiger partial charge in [-0.1, -0.05) is 83.9 Å². The number of benzene rings is 4. The first-order valence-electron chi connectivity index (χ1n) is 15.8. The Morgan fingerprint density at radius 1 is 0.565 bits per heavy atom. The van der Waals surface area contributed by atoms with Crippen LogP contribution in [-0.2, 0) is 0 Å². The molecule has 6 nitrogen and oxygen atoms in total. The Morgan fingerprint density at radius 3 is 1.39 bits per heavy atom. The summed E-state index contributed by atoms with van der Waals surface area (Å²) in [5.74, 6) is -0.0925. The highest BCUT2D eigenvalue weighted by Crippen LogP contribution is 2.31. The first-order chi connectivity index (χ1) is 22.3. The summed E-state index contributed by atoms with van der Waals surface area (Å²) in [6.45, 7) is 9.01. The molecule has 2 aromatic heterocycles. The van der Waals surface area contributed by atoms with Gasteiger partial charge in [-0.05, 0) is 64.1 Å². The van der Waals surface area contributed by atoms with Crippen LogP contribution in [0.15, 0.2) is 109 Å². The Hall–Kier alpha value is -5.36. The van der Waals surface area contributed by atoms with Gasteiger partial charge in [-0.2, -0.15) is 0 Å². The second-order valence-corrected chi connectivity index (χ2v) is 12.5. The Kier molecular flexibility index (Phi) is 7.57. The second-order valence-electron chi connectivity index (χ2n) is 12.5. The number of aromatic nitrogens is 2. The van der Waals surface area contributed by atoms with Crippen molar-refractivity contribution in [3.8, 4) is 22.5 Å². The van der Waals surface area contributed by atoms with E-state index in [1.54, 1.807) is 0 Å². The van der Waals surface area contributed by atoms with Gasteiger partial charge in [0.25, 0.3) is 11.8 Å². The van der Waals surface area contributed by atoms with Crippen LogP contribution >= 0.6 is 0 Å². The molecule has 0 saturated carbocycles. The van der Waals surface area contributed by atoms with E-state index in [1.807, 2.05) is 109 Å². The maximum absolute atomic E-state index is 14.4. The number of amides is 2. The summed E-state index contributed by atoms with van der Waals surface area (Å²) in [5, 5.41) is 1.66. The molecule has 2 atom stereocenters. The van der Waals surface area contributed by atoms with E-state index < -0.39 is 0 Å². The zero-order valence-electron chi connectivity index (χ0n) is 26.6. The zero-order valence-corrected chi connectivity index (χ0v) is 26.6. The number of piperazine rings is 1. The molecule has 2 unspecified atom stereocenters. The fraction of sp³-hybridized carbons (Fsp3) is 0.200. The van der Waals surface area contributed by atoms with Crippen LogP contribution in [0.3, 0.4) is 0 Å². The normalized spacial score (nSPS) is 16.6. The fourth-order valence-corrected chi connectivity index (χ4v) is 6.61. The summed E-state index contributed by atoms with van der Waals surface area (Å²) in [6.07, 6.45) is 0. The summed E-state index contributed by atoms with van der Waals surface area (Å²) in [7, 11) is 0. The van der Waals surface area contributed by atoms with Gasteiger partial charge in [0.15, 0.2) is 0 Å². The Morgan fingerprint density at radius 2 is 0.978 bits per heavy atom. The van der Waals surface area contributed by atoms with Crippen molar-refractivity contribution >= 4 is 33.6 Å². The Balaban J connectivity index is 1.21. The highest BCUT2D eigenvalue weighted by Gasteiger charge is 2.36. The first-order valence-corrected chi connectivity index (χ1v) is 15.8. The van der Waals surface area contributed by atoms with Crippen molar-refractivity contribution < 1.29 is 9.59 Å². The SMILES string of the molecule is Cc1cccc(-c2cc(C(=O)N3CC(C)N(C(=O)c4cc(-c5cccc(C)c5)nc5ccccc45)CC3C)c3ccccc3n2)c1. The number of carbonyl (C=O) groups excluding carboxylic acids is 2. The fourth-order valence-electron chi connectivity index (χ4n) is 6.61. The van der Waals surface area contributed by atoms with Crippen molar-refractivity contribution in [2.75, 3.05) is 13.1 Å². The summed E-state index contributed by atoms with van der Waals surface area (Å²) in [5.41, 5.74) is 8.60. The van der Waals surface area contributed by atoms with Crippen molar-refractivity contribution in [2.24, 2.45) is 0 Å². The van der Waals surface area contributed by atoms with Crippen LogP contribution in [0.25, 0.3) is 44.3 Å². The van der Waals surface area contributed by atoms with E-state index >= 15 is 0 Å². The van der Waals surface area contributed by atoms with Crippen LogP contribution in [0.1, 0.15) is 45.7 Å². The molecule has 46 heavy (non-hydrogen) atoms. The van der Waals surface area contributed by atoms with E-state index in [0.717, 1.165) is 55.4 Å². The lowest BCUT2D eigenvalue weighted by Gasteiger charge is -2.44. The minimum absolute atomic E-state index is 0.0463. The second kappa shape index (κ2) is 11.9. The van der Waals surface area contributed by atoms with E-state index in [2.05, 4.69) is 38.1 Å². The van der Waals surface area contributed by atoms with Gasteiger partial charge in [0.1, 0.15) is 0 Å². The van der Waals surface area contributed by atoms with Gasteiger partial charge in [-0.15, -0.1) is 0 Å². The molecule has 1 aliphatic rings. The van der Waals surface area contributed by atoms with Crippen LogP contribution in [0.4, 0.5) is 0 Å². The summed E-state index contributed by atoms with van der Waals surface area (Å²) in [4.78, 5) is 42.4. The van der Waals surface area contributed by atoms with E-state index in [1.165, 1.54) is 0 Å². The van der Waals surface area contributed by atoms with Gasteiger partial charge in [0.05, 0.1) is 33.5 Å². The van der Waals surface area contributed by atoms with Crippen molar-refractivity contribution in [1.82, 2.24) is 19.8 Å². The van der Waals surface area contributed by atoms with Crippen LogP contribution in [0.2, 0.25) is 0 Å². The number of fused-ring (bicyclic) bond motifs is 2. The maximum Gasteiger partial charge on any atom is 0.254 e. The molecule has 7 rings (SSSR count). The van der Waals surface area contributed by atoms with E-state index in [9.17, 15) is 9.59 Å². The molecule has 6 aromatic rings. The number of hydrogen-bond donors (Lipinski definition) is 0. The molecular formula is C40H36N4O2. The highest BCUT2D eigenvalue weighted by atomic mass is 16.2. The van der Waals surface area contributed by atoms with Crippen LogP contribution in [0.5, 0.6) is 0 Å². The van der Waals surface area contributed by atoms with Gasteiger partial charge in [-0.25, -0.2) is 9.97 Å². The molecular weight excluding hydrogens is 568 g/mol. The third kappa shape index (κ3) is 5.40. The smallest absolute Gasteiger partial charge is 0.254 e. The molecule has 0 radical (unpaired) electrons. The molecule has 0 aliphatic carbocycles. The van der Waals surface area contributed by atoms with Crippen LogP contribution in [-0.4, -0.2) is 56.8 Å². The number of rotatable bonds is 4. The van der Waals surface area contributed by atoms with Crippen LogP contribution in [0, 0.1) is 13.8 Å². The predicted octanol–water partition coefficient (Wildman–Crippen LogP) is 8.11. The Bertz CT molecular complexity index is 1990. The van der Waals surface area contributed by atoms with Crippen LogP contribution < -0.4 is 0 Å². The molecule has 4 aromatic carbocycles. The number of nitrogens with zero attached hydrogens (tertiary/aromatic N) is 4. The summed E-state index contributed by atoms with van der Waals surface area (Å²) >= 11 is 0. The van der Waals surface area contributed by atoms with Crippen molar-refractivity contribution in [3.63, 3.8) is 0 Å². The average Bonchev–Trinajstić information content (AvgIpc) is 3.07. The van der Waals surface area contributed by atoms with Crippen molar-refractivity contribution in [1.29, 1.82) is 0 Å². The predicted molar refractivity (Wildman–Crippen MR) is 185 cm³/mol. The van der Waals surface area contributed by atoms with Gasteiger partial charge >= 0.3 is 0 Å². The molecule has 1 fully saturated rings. The molecule has 6 heteroatoms. The van der Waals surface area contributed by atoms with E-state index in [4.69, 9.17) is 9.97 Å². The third-order valence-corrected chi connectivity index (χ3v) is 9.03. The largest absolute Gasteiger partial charge is 0.332 e. The third-order valence-electron chi connectivity index (χ3n) is 9.03. The van der Waals surface area contributed by atoms with Gasteiger partial charge in [0.2, 0.25) is 0 Å². The molecule has 3 heterocycles. The minimum Gasteiger partial charge on any atom is -0.332 e. The quantitative estimate of drug-likeness (QED) is 0.204. The summed E-state index contributed by atoms with van der Waals surface area (Å²) in [6, 6.07) is 35.5. The summed E-state index contributed by atoms with van der Waals surface area (Å²) < 4.78 is 0. The highest BCUT2D eigenvalue weighted by molar-refractivity contribution is 6.09. The van der Waals surface area contributed by atoms with Gasteiger partial charge < -0.3 is 9.80 Å². The average molecular weight is 605 g/mol. The molecule has 1 aliphatic heterocycles. The van der Waals surface area contributed by atoms with E-state index in [-0.39, 0.29) is 23.9 Å². The minimum atomic E-state index is -0.189. The van der Waals surface area contributed by atoms with Gasteiger partial charge in [-0.3, -0.25) is 9.59 Å². The lowest BCUT2D eigenvalue weighted by Crippen LogP contribution is -2.59. The molecule has 1 saturated heterocycles. The number of hydrogen-bond acceptors (Lipinski definition) is 4. The van der Waals surface area contributed by atoms with Crippen molar-refractivity contribution in [2.45, 2.75) is 39.8 Å². The molecule has 0 bridgehead atoms. The number of para-hydroxylation sites is 2. The van der Waals surface area contributed by atoms with E-state index in [0.29, 0.717) is 24.2 Å². The standard InChI is InChI=1S/C40H36N4O2/c1-25-11-9-13-29(19-25)37-21-33(31-15-5-7-17-35(31)41-37)39(45)43-23-28(4)44(24-27(43)3)40(46)34-22-38(30-14-10-12-26(2)20-30)42-36-18-8-6-16-32(34)36/h5-22,27-28H,23-24H2,1-4H3. The number of pyridine rings is 2. The number of aryl methyl sites for hydroxylation is 2. The topological polar surface area (TPSA) is 66.4 Å². The molecule has 0 N–H and O–H groups in total. The lowest BCUT2D eigenvalue weighted by atomic mass is 9.99. The monoisotopic (exact) mass is 604 g/mol. The zero-order chi connectivity index (χ0) is 31.9. The van der Waals surface area contributed by atoms with Crippen molar-refractivity contribution in [3.05, 3.63) is 131 Å². The molecule has 0 spiro atoms. The molecule has 2 amide bonds. The van der Waals surface area contributed by atoms with Gasteiger partial charge in [0, 0.05) is 47.1 Å². The Labute approximate surface area is 269 Å². The number of carbonyl (C=O) groups is 2. The lowest BCUT2D eigenvalue weighted by molar-refractivity contribution is 0.0272. The maximum atomic E-state index is 14.4. The first kappa shape index (κ1) is 29.4. The molecule has 228 valence electrons.